The molecule has 0 aliphatic heterocycles. The lowest BCUT2D eigenvalue weighted by Gasteiger charge is -2.31. The number of nitrogens with one attached hydrogen (secondary N) is 1. The first kappa shape index (κ1) is 14.5. The summed E-state index contributed by atoms with van der Waals surface area (Å²) in [5, 5.41) is 3.05. The zero-order chi connectivity index (χ0) is 13.0. The molecule has 1 saturated carbocycles. The SMILES string of the molecule is CC1CC(C(=O)NCC(C)N(C)C)CCC1N. The van der Waals surface area contributed by atoms with E-state index in [-0.39, 0.29) is 17.9 Å². The number of hydrogen-bond donors (Lipinski definition) is 2. The van der Waals surface area contributed by atoms with Gasteiger partial charge in [0.2, 0.25) is 5.91 Å². The normalized spacial score (nSPS) is 31.3. The van der Waals surface area contributed by atoms with Crippen LogP contribution in [0.25, 0.3) is 0 Å². The predicted molar refractivity (Wildman–Crippen MR) is 70.6 cm³/mol. The molecular weight excluding hydrogens is 214 g/mol. The number of nitrogens with two attached hydrogens (primary N) is 1. The molecule has 4 atom stereocenters. The quantitative estimate of drug-likeness (QED) is 0.766. The molecule has 0 saturated heterocycles. The number of hydrogen-bond acceptors (Lipinski definition) is 3. The molecule has 100 valence electrons. The van der Waals surface area contributed by atoms with Crippen LogP contribution in [0.3, 0.4) is 0 Å². The van der Waals surface area contributed by atoms with E-state index in [1.54, 1.807) is 0 Å². The van der Waals surface area contributed by atoms with E-state index in [4.69, 9.17) is 5.73 Å². The van der Waals surface area contributed by atoms with Crippen LogP contribution in [-0.2, 0) is 4.79 Å². The second-order valence-corrected chi connectivity index (χ2v) is 5.71. The number of carbonyl (C=O) groups is 1. The molecule has 0 bridgehead atoms. The lowest BCUT2D eigenvalue weighted by molar-refractivity contribution is -0.126. The highest BCUT2D eigenvalue weighted by molar-refractivity contribution is 5.78. The molecule has 1 fully saturated rings. The molecule has 1 aliphatic rings. The van der Waals surface area contributed by atoms with Gasteiger partial charge in [-0.3, -0.25) is 4.79 Å². The average Bonchev–Trinajstić information content (AvgIpc) is 2.28. The molecule has 4 nitrogen and oxygen atoms in total. The van der Waals surface area contributed by atoms with Crippen LogP contribution in [0, 0.1) is 11.8 Å². The van der Waals surface area contributed by atoms with Crippen LogP contribution < -0.4 is 11.1 Å². The van der Waals surface area contributed by atoms with Crippen molar-refractivity contribution in [3.05, 3.63) is 0 Å². The predicted octanol–water partition coefficient (Wildman–Crippen LogP) is 0.816. The van der Waals surface area contributed by atoms with Gasteiger partial charge in [0.1, 0.15) is 0 Å². The molecule has 1 aliphatic carbocycles. The fraction of sp³-hybridized carbons (Fsp3) is 0.923. The van der Waals surface area contributed by atoms with Crippen molar-refractivity contribution in [3.63, 3.8) is 0 Å². The van der Waals surface area contributed by atoms with Crippen LogP contribution >= 0.6 is 0 Å². The third kappa shape index (κ3) is 4.28. The van der Waals surface area contributed by atoms with Crippen LogP contribution in [0.1, 0.15) is 33.1 Å². The Morgan fingerprint density at radius 3 is 2.65 bits per heavy atom. The minimum absolute atomic E-state index is 0.166. The van der Waals surface area contributed by atoms with Crippen LogP contribution in [0.15, 0.2) is 0 Å². The van der Waals surface area contributed by atoms with Gasteiger partial charge in [-0.1, -0.05) is 6.92 Å². The minimum Gasteiger partial charge on any atom is -0.354 e. The second-order valence-electron chi connectivity index (χ2n) is 5.71. The standard InChI is InChI=1S/C13H27N3O/c1-9-7-11(5-6-12(9)14)13(17)15-8-10(2)16(3)4/h9-12H,5-8,14H2,1-4H3,(H,15,17). The summed E-state index contributed by atoms with van der Waals surface area (Å²) < 4.78 is 0. The minimum atomic E-state index is 0.166. The van der Waals surface area contributed by atoms with E-state index in [0.29, 0.717) is 12.0 Å². The largest absolute Gasteiger partial charge is 0.354 e. The topological polar surface area (TPSA) is 58.4 Å². The Kier molecular flexibility index (Phi) is 5.40. The van der Waals surface area contributed by atoms with Gasteiger partial charge in [0.25, 0.3) is 0 Å². The van der Waals surface area contributed by atoms with E-state index in [1.807, 2.05) is 14.1 Å². The molecule has 17 heavy (non-hydrogen) atoms. The molecule has 0 aromatic carbocycles. The van der Waals surface area contributed by atoms with Crippen LogP contribution in [0.5, 0.6) is 0 Å². The molecule has 3 N–H and O–H groups in total. The lowest BCUT2D eigenvalue weighted by Crippen LogP contribution is -2.44. The molecule has 4 heteroatoms. The van der Waals surface area contributed by atoms with Gasteiger partial charge >= 0.3 is 0 Å². The second kappa shape index (κ2) is 6.36. The number of carbonyl (C=O) groups excluding carboxylic acids is 1. The van der Waals surface area contributed by atoms with Crippen molar-refractivity contribution in [2.24, 2.45) is 17.6 Å². The highest BCUT2D eigenvalue weighted by Gasteiger charge is 2.29. The third-order valence-corrected chi connectivity index (χ3v) is 4.06. The molecule has 0 radical (unpaired) electrons. The third-order valence-electron chi connectivity index (χ3n) is 4.06. The monoisotopic (exact) mass is 241 g/mol. The summed E-state index contributed by atoms with van der Waals surface area (Å²) in [6.07, 6.45) is 2.85. The van der Waals surface area contributed by atoms with Crippen molar-refractivity contribution in [2.45, 2.75) is 45.2 Å². The number of amides is 1. The zero-order valence-electron chi connectivity index (χ0n) is 11.6. The summed E-state index contributed by atoms with van der Waals surface area (Å²) in [6.45, 7) is 4.98. The number of rotatable bonds is 4. The van der Waals surface area contributed by atoms with E-state index in [0.717, 1.165) is 25.8 Å². The van der Waals surface area contributed by atoms with E-state index in [2.05, 4.69) is 24.1 Å². The Bertz CT molecular complexity index is 255. The lowest BCUT2D eigenvalue weighted by atomic mass is 9.79. The van der Waals surface area contributed by atoms with Gasteiger partial charge in [-0.25, -0.2) is 0 Å². The van der Waals surface area contributed by atoms with Gasteiger partial charge in [0, 0.05) is 24.5 Å². The zero-order valence-corrected chi connectivity index (χ0v) is 11.6. The molecule has 4 unspecified atom stereocenters. The summed E-state index contributed by atoms with van der Waals surface area (Å²) in [4.78, 5) is 14.1. The Labute approximate surface area is 105 Å². The van der Waals surface area contributed by atoms with Crippen molar-refractivity contribution in [1.29, 1.82) is 0 Å². The average molecular weight is 241 g/mol. The van der Waals surface area contributed by atoms with Gasteiger partial charge < -0.3 is 16.0 Å². The van der Waals surface area contributed by atoms with Gasteiger partial charge in [-0.15, -0.1) is 0 Å². The Balaban J connectivity index is 2.33. The first-order valence-electron chi connectivity index (χ1n) is 6.61. The summed E-state index contributed by atoms with van der Waals surface area (Å²) in [5.41, 5.74) is 5.96. The molecule has 1 amide bonds. The van der Waals surface area contributed by atoms with Crippen molar-refractivity contribution in [3.8, 4) is 0 Å². The van der Waals surface area contributed by atoms with Crippen molar-refractivity contribution in [2.75, 3.05) is 20.6 Å². The smallest absolute Gasteiger partial charge is 0.223 e. The van der Waals surface area contributed by atoms with Crippen LogP contribution in [-0.4, -0.2) is 43.5 Å². The van der Waals surface area contributed by atoms with E-state index in [9.17, 15) is 4.79 Å². The van der Waals surface area contributed by atoms with E-state index >= 15 is 0 Å². The summed E-state index contributed by atoms with van der Waals surface area (Å²) >= 11 is 0. The summed E-state index contributed by atoms with van der Waals surface area (Å²) in [6, 6.07) is 0.655. The first-order chi connectivity index (χ1) is 7.91. The first-order valence-corrected chi connectivity index (χ1v) is 6.61. The van der Waals surface area contributed by atoms with E-state index in [1.165, 1.54) is 0 Å². The molecular formula is C13H27N3O. The number of nitrogens with zero attached hydrogens (tertiary/aromatic N) is 1. The maximum Gasteiger partial charge on any atom is 0.223 e. The Morgan fingerprint density at radius 1 is 1.47 bits per heavy atom. The van der Waals surface area contributed by atoms with Crippen molar-refractivity contribution >= 4 is 5.91 Å². The fourth-order valence-electron chi connectivity index (χ4n) is 2.23. The maximum atomic E-state index is 12.0. The maximum absolute atomic E-state index is 12.0. The van der Waals surface area contributed by atoms with Gasteiger partial charge in [-0.2, -0.15) is 0 Å². The van der Waals surface area contributed by atoms with Crippen LogP contribution in [0.4, 0.5) is 0 Å². The molecule has 0 heterocycles. The molecule has 1 rings (SSSR count). The van der Waals surface area contributed by atoms with E-state index < -0.39 is 0 Å². The van der Waals surface area contributed by atoms with Crippen LogP contribution in [0.2, 0.25) is 0 Å². The summed E-state index contributed by atoms with van der Waals surface area (Å²) in [7, 11) is 4.05. The molecule has 0 aromatic rings. The van der Waals surface area contributed by atoms with Gasteiger partial charge in [-0.05, 0) is 46.2 Å². The fourth-order valence-corrected chi connectivity index (χ4v) is 2.23. The van der Waals surface area contributed by atoms with Crippen molar-refractivity contribution < 1.29 is 4.79 Å². The van der Waals surface area contributed by atoms with Gasteiger partial charge in [0.05, 0.1) is 0 Å². The van der Waals surface area contributed by atoms with Gasteiger partial charge in [0.15, 0.2) is 0 Å². The Hall–Kier alpha value is -0.610. The number of likely N-dealkylation sites (N-methyl/N-ethyl adjacent to an activating group) is 1. The highest BCUT2D eigenvalue weighted by Crippen LogP contribution is 2.27. The highest BCUT2D eigenvalue weighted by atomic mass is 16.1. The molecule has 0 aromatic heterocycles. The summed E-state index contributed by atoms with van der Waals surface area (Å²) in [5.74, 6) is 0.836. The Morgan fingerprint density at radius 2 is 2.12 bits per heavy atom. The van der Waals surface area contributed by atoms with Crippen molar-refractivity contribution in [1.82, 2.24) is 10.2 Å². The molecule has 0 spiro atoms.